The second kappa shape index (κ2) is 6.77. The molecule has 2 aromatic carbocycles. The second-order valence-electron chi connectivity index (χ2n) is 6.02. The van der Waals surface area contributed by atoms with Crippen molar-refractivity contribution in [3.05, 3.63) is 82.4 Å². The van der Waals surface area contributed by atoms with Crippen LogP contribution in [0, 0.1) is 0 Å². The topological polar surface area (TPSA) is 71.2 Å². The molecule has 130 valence electrons. The Morgan fingerprint density at radius 1 is 1.08 bits per heavy atom. The van der Waals surface area contributed by atoms with Crippen LogP contribution in [0.3, 0.4) is 0 Å². The summed E-state index contributed by atoms with van der Waals surface area (Å²) in [6.45, 7) is 1.50. The summed E-state index contributed by atoms with van der Waals surface area (Å²) in [5, 5.41) is 27.7. The summed E-state index contributed by atoms with van der Waals surface area (Å²) in [4.78, 5) is 3.90. The summed E-state index contributed by atoms with van der Waals surface area (Å²) in [6, 6.07) is 13.7. The van der Waals surface area contributed by atoms with E-state index >= 15 is 0 Å². The molecule has 0 aliphatic heterocycles. The van der Waals surface area contributed by atoms with Crippen LogP contribution in [-0.4, -0.2) is 25.0 Å². The fourth-order valence-electron chi connectivity index (χ4n) is 2.88. The van der Waals surface area contributed by atoms with Crippen molar-refractivity contribution in [3.8, 4) is 0 Å². The first-order chi connectivity index (χ1) is 11.8. The number of aliphatic hydroxyl groups is 2. The van der Waals surface area contributed by atoms with Crippen molar-refractivity contribution in [1.82, 2.24) is 14.8 Å². The number of rotatable bonds is 5. The molecule has 1 heterocycles. The van der Waals surface area contributed by atoms with Gasteiger partial charge in [-0.3, -0.25) is 0 Å². The van der Waals surface area contributed by atoms with Crippen LogP contribution in [0.25, 0.3) is 0 Å². The first kappa shape index (κ1) is 17.9. The van der Waals surface area contributed by atoms with E-state index in [0.717, 1.165) is 0 Å². The maximum absolute atomic E-state index is 11.6. The molecule has 0 amide bonds. The van der Waals surface area contributed by atoms with Crippen LogP contribution in [0.2, 0.25) is 10.0 Å². The summed E-state index contributed by atoms with van der Waals surface area (Å²) < 4.78 is 1.45. The van der Waals surface area contributed by atoms with Crippen LogP contribution in [0.5, 0.6) is 0 Å². The van der Waals surface area contributed by atoms with Gasteiger partial charge in [0.05, 0.1) is 6.54 Å². The SMILES string of the molecule is C[C@](O)(c1ccccc1)[C@](O)(Cn1cncn1)c1ccc(Cl)cc1Cl. The Bertz CT molecular complexity index is 854. The van der Waals surface area contributed by atoms with Crippen molar-refractivity contribution in [3.63, 3.8) is 0 Å². The van der Waals surface area contributed by atoms with Gasteiger partial charge in [-0.1, -0.05) is 59.6 Å². The van der Waals surface area contributed by atoms with E-state index in [1.54, 1.807) is 43.3 Å². The third-order valence-electron chi connectivity index (χ3n) is 4.38. The summed E-state index contributed by atoms with van der Waals surface area (Å²) in [6.07, 6.45) is 2.83. The minimum atomic E-state index is -1.77. The van der Waals surface area contributed by atoms with Crippen molar-refractivity contribution >= 4 is 23.2 Å². The largest absolute Gasteiger partial charge is 0.382 e. The smallest absolute Gasteiger partial charge is 0.143 e. The number of benzene rings is 2. The molecule has 3 aromatic rings. The van der Waals surface area contributed by atoms with Crippen molar-refractivity contribution < 1.29 is 10.2 Å². The molecule has 0 bridgehead atoms. The number of nitrogens with zero attached hydrogens (tertiary/aromatic N) is 3. The number of halogens is 2. The molecule has 2 atom stereocenters. The van der Waals surface area contributed by atoms with Gasteiger partial charge in [-0.25, -0.2) is 9.67 Å². The lowest BCUT2D eigenvalue weighted by atomic mass is 9.74. The van der Waals surface area contributed by atoms with Crippen molar-refractivity contribution in [1.29, 1.82) is 0 Å². The molecular formula is C18H17Cl2N3O2. The molecule has 0 aliphatic carbocycles. The molecule has 3 rings (SSSR count). The van der Waals surface area contributed by atoms with Crippen molar-refractivity contribution in [2.45, 2.75) is 24.7 Å². The number of hydrogen-bond donors (Lipinski definition) is 2. The lowest BCUT2D eigenvalue weighted by Crippen LogP contribution is -2.50. The van der Waals surface area contributed by atoms with E-state index in [2.05, 4.69) is 10.1 Å². The van der Waals surface area contributed by atoms with Crippen LogP contribution in [0.1, 0.15) is 18.1 Å². The Morgan fingerprint density at radius 3 is 2.40 bits per heavy atom. The monoisotopic (exact) mass is 377 g/mol. The molecule has 1 aromatic heterocycles. The average molecular weight is 378 g/mol. The Balaban J connectivity index is 2.18. The van der Waals surface area contributed by atoms with Gasteiger partial charge in [0, 0.05) is 15.6 Å². The quantitative estimate of drug-likeness (QED) is 0.714. The van der Waals surface area contributed by atoms with E-state index < -0.39 is 11.2 Å². The standard InChI is InChI=1S/C18H17Cl2N3O2/c1-17(24,13-5-3-2-4-6-13)18(25,10-23-12-21-11-22-23)15-8-7-14(19)9-16(15)20/h2-9,11-12,24-25H,10H2,1H3/t17-,18-/m0/s1. The molecule has 0 spiro atoms. The van der Waals surface area contributed by atoms with E-state index in [4.69, 9.17) is 23.2 Å². The lowest BCUT2D eigenvalue weighted by Gasteiger charge is -2.42. The minimum Gasteiger partial charge on any atom is -0.382 e. The highest BCUT2D eigenvalue weighted by Gasteiger charge is 2.50. The average Bonchev–Trinajstić information content (AvgIpc) is 3.08. The van der Waals surface area contributed by atoms with Crippen LogP contribution < -0.4 is 0 Å². The minimum absolute atomic E-state index is 0.0454. The molecule has 0 unspecified atom stereocenters. The number of hydrogen-bond acceptors (Lipinski definition) is 4. The van der Waals surface area contributed by atoms with Gasteiger partial charge in [0.15, 0.2) is 0 Å². The molecule has 0 fully saturated rings. The van der Waals surface area contributed by atoms with E-state index in [-0.39, 0.29) is 11.6 Å². The van der Waals surface area contributed by atoms with Gasteiger partial charge in [-0.2, -0.15) is 5.10 Å². The van der Waals surface area contributed by atoms with Crippen LogP contribution in [0.15, 0.2) is 61.2 Å². The fraction of sp³-hybridized carbons (Fsp3) is 0.222. The molecule has 0 aliphatic rings. The molecule has 5 nitrogen and oxygen atoms in total. The number of aromatic nitrogens is 3. The third-order valence-corrected chi connectivity index (χ3v) is 4.92. The zero-order valence-electron chi connectivity index (χ0n) is 13.5. The molecule has 25 heavy (non-hydrogen) atoms. The zero-order chi connectivity index (χ0) is 18.1. The summed E-state index contributed by atoms with van der Waals surface area (Å²) >= 11 is 12.3. The molecule has 0 saturated carbocycles. The molecular weight excluding hydrogens is 361 g/mol. The van der Waals surface area contributed by atoms with Gasteiger partial charge in [0.2, 0.25) is 0 Å². The van der Waals surface area contributed by atoms with E-state index in [1.807, 2.05) is 6.07 Å². The van der Waals surface area contributed by atoms with Crippen molar-refractivity contribution in [2.75, 3.05) is 0 Å². The zero-order valence-corrected chi connectivity index (χ0v) is 15.0. The van der Waals surface area contributed by atoms with E-state index in [9.17, 15) is 10.2 Å². The highest BCUT2D eigenvalue weighted by molar-refractivity contribution is 6.35. The van der Waals surface area contributed by atoms with E-state index in [1.165, 1.54) is 23.4 Å². The molecule has 0 radical (unpaired) electrons. The van der Waals surface area contributed by atoms with Crippen LogP contribution in [0.4, 0.5) is 0 Å². The maximum atomic E-state index is 11.6. The highest BCUT2D eigenvalue weighted by atomic mass is 35.5. The van der Waals surface area contributed by atoms with Crippen LogP contribution in [-0.2, 0) is 17.7 Å². The second-order valence-corrected chi connectivity index (χ2v) is 6.86. The first-order valence-electron chi connectivity index (χ1n) is 7.63. The Morgan fingerprint density at radius 2 is 1.80 bits per heavy atom. The highest BCUT2D eigenvalue weighted by Crippen LogP contribution is 2.44. The maximum Gasteiger partial charge on any atom is 0.143 e. The van der Waals surface area contributed by atoms with Gasteiger partial charge in [0.25, 0.3) is 0 Å². The molecule has 0 saturated heterocycles. The predicted octanol–water partition coefficient (Wildman–Crippen LogP) is 3.38. The van der Waals surface area contributed by atoms with Gasteiger partial charge < -0.3 is 10.2 Å². The summed E-state index contributed by atoms with van der Waals surface area (Å²) in [5.74, 6) is 0. The summed E-state index contributed by atoms with van der Waals surface area (Å²) in [7, 11) is 0. The van der Waals surface area contributed by atoms with Gasteiger partial charge in [-0.05, 0) is 24.6 Å². The van der Waals surface area contributed by atoms with Crippen LogP contribution >= 0.6 is 23.2 Å². The Labute approximate surface area is 155 Å². The summed E-state index contributed by atoms with van der Waals surface area (Å²) in [5.41, 5.74) is -2.53. The van der Waals surface area contributed by atoms with Gasteiger partial charge >= 0.3 is 0 Å². The lowest BCUT2D eigenvalue weighted by molar-refractivity contribution is -0.164. The Hall–Kier alpha value is -1.92. The van der Waals surface area contributed by atoms with Gasteiger partial charge in [0.1, 0.15) is 23.9 Å². The molecule has 2 N–H and O–H groups in total. The van der Waals surface area contributed by atoms with Gasteiger partial charge in [-0.15, -0.1) is 0 Å². The van der Waals surface area contributed by atoms with Crippen molar-refractivity contribution in [2.24, 2.45) is 0 Å². The predicted molar refractivity (Wildman–Crippen MR) is 96.4 cm³/mol. The third kappa shape index (κ3) is 3.28. The fourth-order valence-corrected chi connectivity index (χ4v) is 3.44. The van der Waals surface area contributed by atoms with E-state index in [0.29, 0.717) is 16.1 Å². The first-order valence-corrected chi connectivity index (χ1v) is 8.38. The molecule has 7 heteroatoms. The normalized spacial score (nSPS) is 16.2. The Kier molecular flexibility index (Phi) is 4.84.